The molecule has 23 heavy (non-hydrogen) atoms. The van der Waals surface area contributed by atoms with Crippen molar-refractivity contribution in [2.24, 2.45) is 0 Å². The highest BCUT2D eigenvalue weighted by atomic mass is 32.1. The van der Waals surface area contributed by atoms with Crippen LogP contribution < -0.4 is 0 Å². The maximum absolute atomic E-state index is 12.8. The molecule has 1 amide bonds. The Morgan fingerprint density at radius 1 is 1.39 bits per heavy atom. The molecule has 1 aliphatic rings. The Labute approximate surface area is 138 Å². The third kappa shape index (κ3) is 3.27. The highest BCUT2D eigenvalue weighted by molar-refractivity contribution is 7.08. The summed E-state index contributed by atoms with van der Waals surface area (Å²) in [4.78, 5) is 29.9. The Bertz CT molecular complexity index is 727. The molecule has 3 heterocycles. The summed E-state index contributed by atoms with van der Waals surface area (Å²) in [6.07, 6.45) is 1.60. The van der Waals surface area contributed by atoms with Gasteiger partial charge in [0.25, 0.3) is 5.91 Å². The summed E-state index contributed by atoms with van der Waals surface area (Å²) in [5, 5.41) is 13.0. The van der Waals surface area contributed by atoms with Gasteiger partial charge in [-0.05, 0) is 43.3 Å². The summed E-state index contributed by atoms with van der Waals surface area (Å²) in [5.41, 5.74) is 3.13. The van der Waals surface area contributed by atoms with Crippen molar-refractivity contribution >= 4 is 23.2 Å². The molecule has 2 aromatic rings. The smallest absolute Gasteiger partial charge is 0.305 e. The lowest BCUT2D eigenvalue weighted by atomic mass is 10.1. The summed E-state index contributed by atoms with van der Waals surface area (Å²) in [5.74, 6) is -0.979. The molecule has 5 nitrogen and oxygen atoms in total. The largest absolute Gasteiger partial charge is 0.481 e. The van der Waals surface area contributed by atoms with Gasteiger partial charge in [0.15, 0.2) is 0 Å². The zero-order valence-electron chi connectivity index (χ0n) is 12.9. The number of aliphatic carboxylic acids is 1. The van der Waals surface area contributed by atoms with Crippen molar-refractivity contribution in [3.8, 4) is 11.3 Å². The number of aromatic nitrogens is 1. The lowest BCUT2D eigenvalue weighted by molar-refractivity contribution is -0.137. The molecule has 2 aromatic heterocycles. The number of thiophene rings is 1. The number of nitrogens with zero attached hydrogens (tertiary/aromatic N) is 2. The summed E-state index contributed by atoms with van der Waals surface area (Å²) in [6, 6.07) is 5.44. The van der Waals surface area contributed by atoms with Crippen LogP contribution in [0.5, 0.6) is 0 Å². The van der Waals surface area contributed by atoms with Crippen LogP contribution in [0, 0.1) is 6.92 Å². The Morgan fingerprint density at radius 3 is 2.87 bits per heavy atom. The minimum absolute atomic E-state index is 0.00516. The second kappa shape index (κ2) is 6.50. The van der Waals surface area contributed by atoms with Crippen LogP contribution >= 0.6 is 11.3 Å². The van der Waals surface area contributed by atoms with Crippen LogP contribution in [0.15, 0.2) is 29.0 Å². The first kappa shape index (κ1) is 15.7. The van der Waals surface area contributed by atoms with Crippen LogP contribution in [0.4, 0.5) is 0 Å². The van der Waals surface area contributed by atoms with Gasteiger partial charge < -0.3 is 10.0 Å². The average Bonchev–Trinajstić information content (AvgIpc) is 3.17. The van der Waals surface area contributed by atoms with Crippen LogP contribution in [0.25, 0.3) is 11.3 Å². The zero-order chi connectivity index (χ0) is 16.4. The van der Waals surface area contributed by atoms with Crippen molar-refractivity contribution in [3.05, 3.63) is 40.2 Å². The molecule has 1 fully saturated rings. The van der Waals surface area contributed by atoms with E-state index >= 15 is 0 Å². The molecule has 1 unspecified atom stereocenters. The van der Waals surface area contributed by atoms with Crippen molar-refractivity contribution in [1.82, 2.24) is 9.88 Å². The topological polar surface area (TPSA) is 70.5 Å². The van der Waals surface area contributed by atoms with Gasteiger partial charge in [0, 0.05) is 23.5 Å². The molecule has 6 heteroatoms. The quantitative estimate of drug-likeness (QED) is 0.934. The predicted octanol–water partition coefficient (Wildman–Crippen LogP) is 3.20. The summed E-state index contributed by atoms with van der Waals surface area (Å²) >= 11 is 1.61. The summed E-state index contributed by atoms with van der Waals surface area (Å²) in [6.45, 7) is 2.44. The second-order valence-corrected chi connectivity index (χ2v) is 6.51. The summed E-state index contributed by atoms with van der Waals surface area (Å²) in [7, 11) is 0. The fraction of sp³-hybridized carbons (Fsp3) is 0.353. The number of carboxylic acid groups (broad SMARTS) is 1. The molecule has 0 spiro atoms. The van der Waals surface area contributed by atoms with E-state index in [1.54, 1.807) is 22.3 Å². The Balaban J connectivity index is 1.83. The average molecular weight is 330 g/mol. The Hall–Kier alpha value is -2.21. The van der Waals surface area contributed by atoms with Crippen molar-refractivity contribution in [1.29, 1.82) is 0 Å². The van der Waals surface area contributed by atoms with E-state index < -0.39 is 5.97 Å². The SMILES string of the molecule is Cc1nc(-c2ccsc2)ccc1C(=O)N1CCCC1CC(=O)O. The fourth-order valence-corrected chi connectivity index (χ4v) is 3.68. The van der Waals surface area contributed by atoms with E-state index in [0.717, 1.165) is 24.1 Å². The number of hydrogen-bond acceptors (Lipinski definition) is 4. The van der Waals surface area contributed by atoms with Gasteiger partial charge in [0.2, 0.25) is 0 Å². The van der Waals surface area contributed by atoms with Crippen LogP contribution in [0.3, 0.4) is 0 Å². The number of carbonyl (C=O) groups excluding carboxylic acids is 1. The normalized spacial score (nSPS) is 17.4. The molecule has 1 saturated heterocycles. The van der Waals surface area contributed by atoms with E-state index in [2.05, 4.69) is 4.98 Å². The molecule has 1 atom stereocenters. The number of pyridine rings is 1. The first-order valence-electron chi connectivity index (χ1n) is 7.59. The molecule has 1 N–H and O–H groups in total. The van der Waals surface area contributed by atoms with Crippen molar-refractivity contribution < 1.29 is 14.7 Å². The van der Waals surface area contributed by atoms with E-state index in [-0.39, 0.29) is 18.4 Å². The lowest BCUT2D eigenvalue weighted by Gasteiger charge is -2.24. The van der Waals surface area contributed by atoms with E-state index in [0.29, 0.717) is 17.8 Å². The maximum Gasteiger partial charge on any atom is 0.305 e. The standard InChI is InChI=1S/C17H18N2O3S/c1-11-14(4-5-15(18-11)12-6-8-23-10-12)17(22)19-7-2-3-13(19)9-16(20)21/h4-6,8,10,13H,2-3,7,9H2,1H3,(H,20,21). The van der Waals surface area contributed by atoms with Gasteiger partial charge in [0.1, 0.15) is 0 Å². The van der Waals surface area contributed by atoms with Crippen LogP contribution in [0.1, 0.15) is 35.3 Å². The molecule has 1 aliphatic heterocycles. The van der Waals surface area contributed by atoms with Crippen molar-refractivity contribution in [2.45, 2.75) is 32.2 Å². The third-order valence-corrected chi connectivity index (χ3v) is 4.86. The minimum Gasteiger partial charge on any atom is -0.481 e. The molecular weight excluding hydrogens is 312 g/mol. The van der Waals surface area contributed by atoms with Crippen molar-refractivity contribution in [2.75, 3.05) is 6.54 Å². The highest BCUT2D eigenvalue weighted by Crippen LogP contribution is 2.25. The van der Waals surface area contributed by atoms with Gasteiger partial charge in [-0.25, -0.2) is 0 Å². The molecule has 0 saturated carbocycles. The van der Waals surface area contributed by atoms with Gasteiger partial charge in [-0.15, -0.1) is 0 Å². The van der Waals surface area contributed by atoms with E-state index in [1.165, 1.54) is 0 Å². The highest BCUT2D eigenvalue weighted by Gasteiger charge is 2.31. The minimum atomic E-state index is -0.864. The maximum atomic E-state index is 12.8. The lowest BCUT2D eigenvalue weighted by Crippen LogP contribution is -2.37. The fourth-order valence-electron chi connectivity index (χ4n) is 3.03. The van der Waals surface area contributed by atoms with E-state index in [1.807, 2.05) is 29.8 Å². The van der Waals surface area contributed by atoms with Crippen LogP contribution in [0.2, 0.25) is 0 Å². The monoisotopic (exact) mass is 330 g/mol. The number of rotatable bonds is 4. The molecule has 120 valence electrons. The van der Waals surface area contributed by atoms with Gasteiger partial charge in [-0.2, -0.15) is 11.3 Å². The van der Waals surface area contributed by atoms with Gasteiger partial charge in [0.05, 0.1) is 23.4 Å². The number of aryl methyl sites for hydroxylation is 1. The molecule has 0 aliphatic carbocycles. The predicted molar refractivity (Wildman–Crippen MR) is 88.6 cm³/mol. The first-order valence-corrected chi connectivity index (χ1v) is 8.53. The number of hydrogen-bond donors (Lipinski definition) is 1. The number of amides is 1. The van der Waals surface area contributed by atoms with Crippen LogP contribution in [-0.2, 0) is 4.79 Å². The van der Waals surface area contributed by atoms with E-state index in [4.69, 9.17) is 5.11 Å². The third-order valence-electron chi connectivity index (χ3n) is 4.18. The molecule has 0 radical (unpaired) electrons. The van der Waals surface area contributed by atoms with E-state index in [9.17, 15) is 9.59 Å². The van der Waals surface area contributed by atoms with Gasteiger partial charge >= 0.3 is 5.97 Å². The molecule has 0 bridgehead atoms. The van der Waals surface area contributed by atoms with Crippen molar-refractivity contribution in [3.63, 3.8) is 0 Å². The van der Waals surface area contributed by atoms with Gasteiger partial charge in [-0.3, -0.25) is 14.6 Å². The number of carboxylic acids is 1. The Morgan fingerprint density at radius 2 is 2.22 bits per heavy atom. The molecular formula is C17H18N2O3S. The Kier molecular flexibility index (Phi) is 4.43. The van der Waals surface area contributed by atoms with Crippen LogP contribution in [-0.4, -0.2) is 39.5 Å². The number of carbonyl (C=O) groups is 2. The number of likely N-dealkylation sites (tertiary alicyclic amines) is 1. The zero-order valence-corrected chi connectivity index (χ0v) is 13.7. The molecule has 3 rings (SSSR count). The molecule has 0 aromatic carbocycles. The first-order chi connectivity index (χ1) is 11.1. The second-order valence-electron chi connectivity index (χ2n) is 5.73. The summed E-state index contributed by atoms with van der Waals surface area (Å²) < 4.78 is 0. The van der Waals surface area contributed by atoms with Gasteiger partial charge in [-0.1, -0.05) is 0 Å².